The first kappa shape index (κ1) is 21.8. The van der Waals surface area contributed by atoms with E-state index in [9.17, 15) is 4.57 Å². The maximum absolute atomic E-state index is 14.9. The lowest BCUT2D eigenvalue weighted by Crippen LogP contribution is -2.22. The zero-order chi connectivity index (χ0) is 22.1. The largest absolute Gasteiger partial charge is 0.497 e. The fraction of sp³-hybridized carbons (Fsp3) is 0.231. The summed E-state index contributed by atoms with van der Waals surface area (Å²) in [5.41, 5.74) is 3.53. The predicted molar refractivity (Wildman–Crippen MR) is 134 cm³/mol. The fourth-order valence-electron chi connectivity index (χ4n) is 4.01. The van der Waals surface area contributed by atoms with Gasteiger partial charge in [0.2, 0.25) is 7.29 Å². The van der Waals surface area contributed by atoms with E-state index in [0.717, 1.165) is 21.9 Å². The van der Waals surface area contributed by atoms with Gasteiger partial charge in [-0.15, -0.1) is 0 Å². The van der Waals surface area contributed by atoms with Gasteiger partial charge in [0.05, 0.1) is 27.3 Å². The van der Waals surface area contributed by atoms with Crippen molar-refractivity contribution in [1.82, 2.24) is 4.67 Å². The number of hydrogen-bond donors (Lipinski definition) is 0. The zero-order valence-electron chi connectivity index (χ0n) is 18.6. The minimum Gasteiger partial charge on any atom is -0.497 e. The molecule has 0 radical (unpaired) electrons. The van der Waals surface area contributed by atoms with Crippen molar-refractivity contribution in [2.75, 3.05) is 7.11 Å². The summed E-state index contributed by atoms with van der Waals surface area (Å²) in [6.45, 7) is 6.98. The third-order valence-electron chi connectivity index (χ3n) is 5.61. The Kier molecular flexibility index (Phi) is 6.07. The van der Waals surface area contributed by atoms with E-state index in [1.54, 1.807) is 7.11 Å². The molecule has 0 N–H and O–H groups in total. The third-order valence-corrected chi connectivity index (χ3v) is 9.97. The highest BCUT2D eigenvalue weighted by Gasteiger charge is 2.57. The van der Waals surface area contributed by atoms with E-state index in [1.165, 1.54) is 0 Å². The molecule has 160 valence electrons. The summed E-state index contributed by atoms with van der Waals surface area (Å²) in [7, 11) is -2.71. The maximum atomic E-state index is 14.9. The van der Waals surface area contributed by atoms with E-state index in [0.29, 0.717) is 0 Å². The van der Waals surface area contributed by atoms with Crippen LogP contribution in [0.3, 0.4) is 0 Å². The molecule has 1 fully saturated rings. The first-order chi connectivity index (χ1) is 14.8. The summed E-state index contributed by atoms with van der Waals surface area (Å²) in [6.07, 6.45) is 2.29. The Balaban J connectivity index is 1.83. The van der Waals surface area contributed by atoms with Crippen LogP contribution in [0, 0.1) is 0 Å². The molecular formula is C26H30NO2PSi. The van der Waals surface area contributed by atoms with Gasteiger partial charge in [0.15, 0.2) is 0 Å². The van der Waals surface area contributed by atoms with Crippen LogP contribution in [0.1, 0.15) is 11.6 Å². The Bertz CT molecular complexity index is 1050. The summed E-state index contributed by atoms with van der Waals surface area (Å²) in [4.78, 5) is 0. The molecule has 5 heteroatoms. The lowest BCUT2D eigenvalue weighted by molar-refractivity contribution is 0.414. The molecule has 4 rings (SSSR count). The number of nitrogens with zero attached hydrogens (tertiary/aromatic N) is 1. The molecule has 0 aromatic heterocycles. The van der Waals surface area contributed by atoms with Gasteiger partial charge in [-0.25, -0.2) is 4.67 Å². The number of ether oxygens (including phenoxy) is 1. The van der Waals surface area contributed by atoms with Crippen molar-refractivity contribution >= 4 is 26.0 Å². The molecule has 31 heavy (non-hydrogen) atoms. The highest BCUT2D eigenvalue weighted by Crippen LogP contribution is 2.64. The third kappa shape index (κ3) is 4.47. The van der Waals surface area contributed by atoms with Gasteiger partial charge in [0, 0.05) is 10.6 Å². The molecule has 3 aromatic rings. The quantitative estimate of drug-likeness (QED) is 0.261. The van der Waals surface area contributed by atoms with Gasteiger partial charge < -0.3 is 4.74 Å². The molecule has 0 aliphatic carbocycles. The minimum absolute atomic E-state index is 0.0738. The van der Waals surface area contributed by atoms with Gasteiger partial charge in [-0.3, -0.25) is 4.57 Å². The molecule has 0 bridgehead atoms. The second-order valence-electron chi connectivity index (χ2n) is 9.06. The van der Waals surface area contributed by atoms with E-state index < -0.39 is 15.4 Å². The highest BCUT2D eigenvalue weighted by atomic mass is 31.2. The van der Waals surface area contributed by atoms with Crippen LogP contribution in [-0.2, 0) is 4.57 Å². The Labute approximate surface area is 186 Å². The second kappa shape index (κ2) is 8.62. The summed E-state index contributed by atoms with van der Waals surface area (Å²) < 4.78 is 22.5. The minimum atomic E-state index is -3.00. The Hall–Kier alpha value is -2.39. The van der Waals surface area contributed by atoms with Crippen molar-refractivity contribution in [3.8, 4) is 5.75 Å². The Morgan fingerprint density at radius 3 is 1.81 bits per heavy atom. The number of rotatable bonds is 7. The lowest BCUT2D eigenvalue weighted by atomic mass is 10.1. The number of benzene rings is 3. The fourth-order valence-corrected chi connectivity index (χ4v) is 7.91. The van der Waals surface area contributed by atoms with Gasteiger partial charge in [-0.05, 0) is 42.0 Å². The molecule has 1 saturated heterocycles. The summed E-state index contributed by atoms with van der Waals surface area (Å²) in [5.74, 6) is 0.833. The van der Waals surface area contributed by atoms with E-state index in [2.05, 4.69) is 48.2 Å². The van der Waals surface area contributed by atoms with E-state index >= 15 is 0 Å². The smallest absolute Gasteiger partial charge is 0.208 e. The van der Waals surface area contributed by atoms with Gasteiger partial charge in [0.1, 0.15) is 5.75 Å². The van der Waals surface area contributed by atoms with E-state index in [-0.39, 0.29) is 12.1 Å². The van der Waals surface area contributed by atoms with Gasteiger partial charge in [-0.1, -0.05) is 79.9 Å². The molecule has 1 unspecified atom stereocenters. The van der Waals surface area contributed by atoms with Crippen LogP contribution in [0.5, 0.6) is 5.75 Å². The number of methoxy groups -OCH3 is 1. The van der Waals surface area contributed by atoms with Crippen LogP contribution in [-0.4, -0.2) is 25.9 Å². The lowest BCUT2D eigenvalue weighted by Gasteiger charge is -2.22. The standard InChI is InChI=1S/C26H30NO2PSi/c1-29-22-17-15-21(16-18-22)26-25(19-20-31(2,3)4)27(26)30(28,23-11-7-5-8-12-23)24-13-9-6-10-14-24/h5-20,25-26H,1-4H3/b20-19+/t25-,26+,27?/m0/s1. The normalized spacial score (nSPS) is 21.2. The summed E-state index contributed by atoms with van der Waals surface area (Å²) in [5, 5.41) is 1.76. The van der Waals surface area contributed by atoms with Crippen molar-refractivity contribution in [1.29, 1.82) is 0 Å². The highest BCUT2D eigenvalue weighted by molar-refractivity contribution is 7.76. The van der Waals surface area contributed by atoms with Crippen molar-refractivity contribution in [3.63, 3.8) is 0 Å². The SMILES string of the molecule is COc1ccc([C@@H]2[C@H](/C=C/[Si](C)(C)C)N2P(=O)(c2ccccc2)c2ccccc2)cc1. The van der Waals surface area contributed by atoms with E-state index in [1.807, 2.05) is 72.8 Å². The van der Waals surface area contributed by atoms with Crippen LogP contribution >= 0.6 is 7.29 Å². The van der Waals surface area contributed by atoms with Crippen LogP contribution < -0.4 is 15.3 Å². The molecule has 3 aromatic carbocycles. The molecule has 1 aliphatic rings. The van der Waals surface area contributed by atoms with Crippen molar-refractivity contribution in [2.24, 2.45) is 0 Å². The Morgan fingerprint density at radius 2 is 1.35 bits per heavy atom. The van der Waals surface area contributed by atoms with Crippen molar-refractivity contribution in [3.05, 3.63) is 102 Å². The topological polar surface area (TPSA) is 29.3 Å². The van der Waals surface area contributed by atoms with Crippen LogP contribution in [0.25, 0.3) is 0 Å². The number of hydrogen-bond acceptors (Lipinski definition) is 2. The van der Waals surface area contributed by atoms with E-state index in [4.69, 9.17) is 4.74 Å². The first-order valence-corrected chi connectivity index (χ1v) is 15.9. The van der Waals surface area contributed by atoms with Gasteiger partial charge in [0.25, 0.3) is 0 Å². The van der Waals surface area contributed by atoms with Crippen molar-refractivity contribution < 1.29 is 9.30 Å². The second-order valence-corrected chi connectivity index (χ2v) is 16.8. The van der Waals surface area contributed by atoms with Crippen LogP contribution in [0.2, 0.25) is 19.6 Å². The average Bonchev–Trinajstić information content (AvgIpc) is 3.53. The first-order valence-electron chi connectivity index (χ1n) is 10.7. The summed E-state index contributed by atoms with van der Waals surface area (Å²) in [6, 6.07) is 28.2. The van der Waals surface area contributed by atoms with Crippen molar-refractivity contribution in [2.45, 2.75) is 31.7 Å². The zero-order valence-corrected chi connectivity index (χ0v) is 20.5. The molecule has 0 spiro atoms. The molecule has 3 nitrogen and oxygen atoms in total. The molecule has 1 aliphatic heterocycles. The van der Waals surface area contributed by atoms with Gasteiger partial charge >= 0.3 is 0 Å². The molecule has 3 atom stereocenters. The maximum Gasteiger partial charge on any atom is 0.208 e. The predicted octanol–water partition coefficient (Wildman–Crippen LogP) is 5.78. The summed E-state index contributed by atoms with van der Waals surface area (Å²) >= 11 is 0. The molecule has 0 amide bonds. The van der Waals surface area contributed by atoms with Gasteiger partial charge in [-0.2, -0.15) is 0 Å². The van der Waals surface area contributed by atoms with Crippen LogP contribution in [0.15, 0.2) is 96.7 Å². The monoisotopic (exact) mass is 447 g/mol. The van der Waals surface area contributed by atoms with Crippen LogP contribution in [0.4, 0.5) is 0 Å². The molecule has 1 heterocycles. The molecular weight excluding hydrogens is 417 g/mol. The Morgan fingerprint density at radius 1 is 0.839 bits per heavy atom. The average molecular weight is 448 g/mol. The molecule has 0 saturated carbocycles.